The van der Waals surface area contributed by atoms with Crippen LogP contribution in [0.5, 0.6) is 0 Å². The molecule has 20 heavy (non-hydrogen) atoms. The van der Waals surface area contributed by atoms with E-state index in [1.165, 1.54) is 0 Å². The summed E-state index contributed by atoms with van der Waals surface area (Å²) in [7, 11) is 0. The van der Waals surface area contributed by atoms with E-state index in [2.05, 4.69) is 21.2 Å². The van der Waals surface area contributed by atoms with Crippen molar-refractivity contribution < 1.29 is 4.79 Å². The minimum Gasteiger partial charge on any atom is -0.346 e. The van der Waals surface area contributed by atoms with Crippen LogP contribution in [0.4, 0.5) is 0 Å². The standard InChI is InChI=1S/C16H15BrClNO/c1-10-6-13(9-15(18)7-10)16(20)19-11(2)12-4-3-5-14(17)8-12/h3-9,11H,1-2H3,(H,19,20). The lowest BCUT2D eigenvalue weighted by molar-refractivity contribution is 0.0940. The average molecular weight is 353 g/mol. The Balaban J connectivity index is 2.15. The minimum atomic E-state index is -0.122. The molecule has 0 fully saturated rings. The first-order chi connectivity index (χ1) is 9.45. The molecule has 0 radical (unpaired) electrons. The summed E-state index contributed by atoms with van der Waals surface area (Å²) in [5.74, 6) is -0.122. The Hall–Kier alpha value is -1.32. The Labute approximate surface area is 132 Å². The van der Waals surface area contributed by atoms with Gasteiger partial charge in [-0.2, -0.15) is 0 Å². The first-order valence-electron chi connectivity index (χ1n) is 6.29. The second-order valence-electron chi connectivity index (χ2n) is 4.77. The lowest BCUT2D eigenvalue weighted by atomic mass is 10.1. The Morgan fingerprint density at radius 2 is 2.00 bits per heavy atom. The maximum absolute atomic E-state index is 12.2. The number of benzene rings is 2. The van der Waals surface area contributed by atoms with Gasteiger partial charge in [0, 0.05) is 15.1 Å². The van der Waals surface area contributed by atoms with Gasteiger partial charge in [0.2, 0.25) is 0 Å². The lowest BCUT2D eigenvalue weighted by Crippen LogP contribution is -2.26. The minimum absolute atomic E-state index is 0.0701. The van der Waals surface area contributed by atoms with E-state index in [1.54, 1.807) is 6.07 Å². The van der Waals surface area contributed by atoms with Gasteiger partial charge in [0.1, 0.15) is 0 Å². The molecule has 2 nitrogen and oxygen atoms in total. The number of carbonyl (C=O) groups is 1. The van der Waals surface area contributed by atoms with Crippen molar-refractivity contribution in [3.63, 3.8) is 0 Å². The van der Waals surface area contributed by atoms with E-state index in [1.807, 2.05) is 50.2 Å². The van der Waals surface area contributed by atoms with Crippen molar-refractivity contribution in [1.82, 2.24) is 5.32 Å². The monoisotopic (exact) mass is 351 g/mol. The van der Waals surface area contributed by atoms with E-state index in [0.29, 0.717) is 10.6 Å². The molecule has 4 heteroatoms. The molecule has 0 aromatic heterocycles. The quantitative estimate of drug-likeness (QED) is 0.836. The third kappa shape index (κ3) is 3.84. The zero-order valence-electron chi connectivity index (χ0n) is 11.3. The molecule has 0 bridgehead atoms. The second-order valence-corrected chi connectivity index (χ2v) is 6.12. The molecule has 2 rings (SSSR count). The molecule has 0 heterocycles. The number of amides is 1. The van der Waals surface area contributed by atoms with Crippen molar-refractivity contribution in [3.8, 4) is 0 Å². The normalized spacial score (nSPS) is 12.0. The van der Waals surface area contributed by atoms with Crippen LogP contribution in [0.2, 0.25) is 5.02 Å². The van der Waals surface area contributed by atoms with Crippen LogP contribution in [0.1, 0.15) is 34.5 Å². The fourth-order valence-corrected chi connectivity index (χ4v) is 2.71. The van der Waals surface area contributed by atoms with Crippen molar-refractivity contribution in [2.75, 3.05) is 0 Å². The number of nitrogens with one attached hydrogen (secondary N) is 1. The molecule has 0 aliphatic heterocycles. The highest BCUT2D eigenvalue weighted by Gasteiger charge is 2.12. The zero-order valence-corrected chi connectivity index (χ0v) is 13.6. The molecular weight excluding hydrogens is 338 g/mol. The molecule has 1 N–H and O–H groups in total. The van der Waals surface area contributed by atoms with Crippen LogP contribution in [-0.4, -0.2) is 5.91 Å². The molecule has 2 aromatic rings. The molecule has 0 saturated heterocycles. The topological polar surface area (TPSA) is 29.1 Å². The van der Waals surface area contributed by atoms with E-state index in [9.17, 15) is 4.79 Å². The van der Waals surface area contributed by atoms with Crippen LogP contribution in [-0.2, 0) is 0 Å². The first kappa shape index (κ1) is 15.1. The van der Waals surface area contributed by atoms with Gasteiger partial charge in [0.25, 0.3) is 5.91 Å². The van der Waals surface area contributed by atoms with Gasteiger partial charge in [0.05, 0.1) is 6.04 Å². The molecule has 1 amide bonds. The predicted molar refractivity (Wildman–Crippen MR) is 86.2 cm³/mol. The van der Waals surface area contributed by atoms with E-state index in [4.69, 9.17) is 11.6 Å². The van der Waals surface area contributed by atoms with Gasteiger partial charge >= 0.3 is 0 Å². The number of hydrogen-bond acceptors (Lipinski definition) is 1. The molecule has 0 spiro atoms. The molecule has 104 valence electrons. The third-order valence-corrected chi connectivity index (χ3v) is 3.71. The summed E-state index contributed by atoms with van der Waals surface area (Å²) in [5, 5.41) is 3.55. The highest BCUT2D eigenvalue weighted by molar-refractivity contribution is 9.10. The highest BCUT2D eigenvalue weighted by atomic mass is 79.9. The number of carbonyl (C=O) groups excluding carboxylic acids is 1. The Morgan fingerprint density at radius 1 is 1.25 bits per heavy atom. The van der Waals surface area contributed by atoms with Crippen molar-refractivity contribution in [3.05, 3.63) is 68.7 Å². The summed E-state index contributed by atoms with van der Waals surface area (Å²) >= 11 is 9.41. The number of rotatable bonds is 3. The molecule has 0 saturated carbocycles. The maximum Gasteiger partial charge on any atom is 0.251 e. The van der Waals surface area contributed by atoms with Gasteiger partial charge in [-0.3, -0.25) is 4.79 Å². The van der Waals surface area contributed by atoms with E-state index in [-0.39, 0.29) is 11.9 Å². The van der Waals surface area contributed by atoms with Crippen LogP contribution < -0.4 is 5.32 Å². The maximum atomic E-state index is 12.2. The van der Waals surface area contributed by atoms with Gasteiger partial charge in [-0.1, -0.05) is 39.7 Å². The average Bonchev–Trinajstić information content (AvgIpc) is 2.37. The fourth-order valence-electron chi connectivity index (χ4n) is 2.01. The molecular formula is C16H15BrClNO. The number of aryl methyl sites for hydroxylation is 1. The summed E-state index contributed by atoms with van der Waals surface area (Å²) in [6.45, 7) is 3.87. The molecule has 1 atom stereocenters. The van der Waals surface area contributed by atoms with E-state index < -0.39 is 0 Å². The zero-order chi connectivity index (χ0) is 14.7. The van der Waals surface area contributed by atoms with Gasteiger partial charge in [-0.05, 0) is 55.3 Å². The Bertz CT molecular complexity index is 622. The highest BCUT2D eigenvalue weighted by Crippen LogP contribution is 2.19. The van der Waals surface area contributed by atoms with Gasteiger partial charge in [0.15, 0.2) is 0 Å². The van der Waals surface area contributed by atoms with Gasteiger partial charge < -0.3 is 5.32 Å². The summed E-state index contributed by atoms with van der Waals surface area (Å²) in [6.07, 6.45) is 0. The molecule has 2 aromatic carbocycles. The van der Waals surface area contributed by atoms with Crippen LogP contribution >= 0.6 is 27.5 Å². The fraction of sp³-hybridized carbons (Fsp3) is 0.188. The number of halogens is 2. The Kier molecular flexibility index (Phi) is 4.84. The van der Waals surface area contributed by atoms with E-state index >= 15 is 0 Å². The van der Waals surface area contributed by atoms with Crippen LogP contribution in [0.25, 0.3) is 0 Å². The van der Waals surface area contributed by atoms with Crippen molar-refractivity contribution in [2.24, 2.45) is 0 Å². The predicted octanol–water partition coefficient (Wildman–Crippen LogP) is 4.90. The SMILES string of the molecule is Cc1cc(Cl)cc(C(=O)NC(C)c2cccc(Br)c2)c1. The summed E-state index contributed by atoms with van der Waals surface area (Å²) in [5.41, 5.74) is 2.60. The third-order valence-electron chi connectivity index (χ3n) is 3.00. The van der Waals surface area contributed by atoms with Crippen LogP contribution in [0.15, 0.2) is 46.9 Å². The summed E-state index contributed by atoms with van der Waals surface area (Å²) < 4.78 is 0.995. The lowest BCUT2D eigenvalue weighted by Gasteiger charge is -2.15. The largest absolute Gasteiger partial charge is 0.346 e. The summed E-state index contributed by atoms with van der Waals surface area (Å²) in [4.78, 5) is 12.2. The second kappa shape index (κ2) is 6.42. The molecule has 1 unspecified atom stereocenters. The van der Waals surface area contributed by atoms with E-state index in [0.717, 1.165) is 15.6 Å². The van der Waals surface area contributed by atoms with Gasteiger partial charge in [-0.25, -0.2) is 0 Å². The van der Waals surface area contributed by atoms with Crippen molar-refractivity contribution in [2.45, 2.75) is 19.9 Å². The molecule has 0 aliphatic carbocycles. The number of hydrogen-bond donors (Lipinski definition) is 1. The van der Waals surface area contributed by atoms with Crippen LogP contribution in [0, 0.1) is 6.92 Å². The van der Waals surface area contributed by atoms with Crippen LogP contribution in [0.3, 0.4) is 0 Å². The first-order valence-corrected chi connectivity index (χ1v) is 7.46. The Morgan fingerprint density at radius 3 is 2.65 bits per heavy atom. The smallest absolute Gasteiger partial charge is 0.251 e. The van der Waals surface area contributed by atoms with Crippen molar-refractivity contribution >= 4 is 33.4 Å². The molecule has 0 aliphatic rings. The summed E-state index contributed by atoms with van der Waals surface area (Å²) in [6, 6.07) is 13.2. The van der Waals surface area contributed by atoms with Crippen molar-refractivity contribution in [1.29, 1.82) is 0 Å². The van der Waals surface area contributed by atoms with Gasteiger partial charge in [-0.15, -0.1) is 0 Å².